The summed E-state index contributed by atoms with van der Waals surface area (Å²) >= 11 is 0. The highest BCUT2D eigenvalue weighted by atomic mass is 31.2. The molecule has 0 aliphatic carbocycles. The van der Waals surface area contributed by atoms with Crippen molar-refractivity contribution in [2.75, 3.05) is 18.6 Å². The van der Waals surface area contributed by atoms with Gasteiger partial charge in [-0.25, -0.2) is 4.79 Å². The van der Waals surface area contributed by atoms with E-state index in [4.69, 9.17) is 5.73 Å². The minimum Gasteiger partial charge on any atom is -0.529 e. The molecular weight excluding hydrogens is 255 g/mol. The van der Waals surface area contributed by atoms with Crippen LogP contribution in [0, 0.1) is 0 Å². The molecule has 0 saturated carbocycles. The van der Waals surface area contributed by atoms with Gasteiger partial charge >= 0.3 is 6.03 Å². The van der Waals surface area contributed by atoms with Gasteiger partial charge in [-0.2, -0.15) is 0 Å². The third kappa shape index (κ3) is 6.05. The van der Waals surface area contributed by atoms with Crippen LogP contribution in [-0.2, 0) is 4.57 Å². The predicted molar refractivity (Wildman–Crippen MR) is 68.8 cm³/mol. The highest BCUT2D eigenvalue weighted by molar-refractivity contribution is 7.63. The smallest absolute Gasteiger partial charge is 0.320 e. The van der Waals surface area contributed by atoms with Gasteiger partial charge in [0.25, 0.3) is 0 Å². The SMILES string of the molecule is CCCCP(=O)(CCCC)CN(C(N)=O)C(=O)[O-]. The molecule has 0 unspecified atom stereocenters. The minimum atomic E-state index is -2.71. The zero-order valence-corrected chi connectivity index (χ0v) is 11.9. The molecule has 0 aromatic rings. The summed E-state index contributed by atoms with van der Waals surface area (Å²) in [5.41, 5.74) is 4.95. The van der Waals surface area contributed by atoms with Gasteiger partial charge in [-0.3, -0.25) is 4.90 Å². The number of nitrogens with zero attached hydrogens (tertiary/aromatic N) is 1. The van der Waals surface area contributed by atoms with Crippen LogP contribution in [0.4, 0.5) is 9.59 Å². The van der Waals surface area contributed by atoms with E-state index in [9.17, 15) is 19.3 Å². The number of primary amides is 1. The topological polar surface area (TPSA) is 104 Å². The molecule has 0 aromatic heterocycles. The molecule has 0 spiro atoms. The van der Waals surface area contributed by atoms with Crippen molar-refractivity contribution in [2.24, 2.45) is 5.73 Å². The number of hydrogen-bond acceptors (Lipinski definition) is 4. The second kappa shape index (κ2) is 8.14. The van der Waals surface area contributed by atoms with Crippen molar-refractivity contribution < 1.29 is 19.3 Å². The molecule has 0 bridgehead atoms. The van der Waals surface area contributed by atoms with E-state index in [-0.39, 0.29) is 6.29 Å². The summed E-state index contributed by atoms with van der Waals surface area (Å²) in [5, 5.41) is 10.8. The zero-order valence-electron chi connectivity index (χ0n) is 11.1. The Morgan fingerprint density at radius 3 is 1.89 bits per heavy atom. The first-order chi connectivity index (χ1) is 8.36. The minimum absolute atomic E-state index is 0.315. The Hall–Kier alpha value is -1.03. The second-order valence-electron chi connectivity index (χ2n) is 4.39. The van der Waals surface area contributed by atoms with E-state index in [0.717, 1.165) is 25.7 Å². The molecule has 0 atom stereocenters. The van der Waals surface area contributed by atoms with E-state index in [0.29, 0.717) is 17.2 Å². The van der Waals surface area contributed by atoms with E-state index in [1.165, 1.54) is 0 Å². The van der Waals surface area contributed by atoms with Crippen LogP contribution in [0.2, 0.25) is 0 Å². The number of nitrogens with two attached hydrogens (primary N) is 1. The molecule has 18 heavy (non-hydrogen) atoms. The van der Waals surface area contributed by atoms with Crippen molar-refractivity contribution in [1.29, 1.82) is 0 Å². The lowest BCUT2D eigenvalue weighted by Crippen LogP contribution is -2.48. The summed E-state index contributed by atoms with van der Waals surface area (Å²) in [4.78, 5) is 22.1. The number of hydrogen-bond donors (Lipinski definition) is 1. The van der Waals surface area contributed by atoms with E-state index in [2.05, 4.69) is 0 Å². The van der Waals surface area contributed by atoms with Gasteiger partial charge in [-0.1, -0.05) is 26.7 Å². The molecule has 0 aliphatic heterocycles. The second-order valence-corrected chi connectivity index (χ2v) is 7.68. The van der Waals surface area contributed by atoms with Crippen molar-refractivity contribution in [3.63, 3.8) is 0 Å². The molecule has 2 N–H and O–H groups in total. The number of unbranched alkanes of at least 4 members (excludes halogenated alkanes) is 2. The number of amides is 3. The Labute approximate surface area is 108 Å². The van der Waals surface area contributed by atoms with Gasteiger partial charge < -0.3 is 20.2 Å². The van der Waals surface area contributed by atoms with Crippen LogP contribution in [0.15, 0.2) is 0 Å². The van der Waals surface area contributed by atoms with Crippen LogP contribution in [0.25, 0.3) is 0 Å². The number of rotatable bonds is 8. The molecule has 0 fully saturated rings. The summed E-state index contributed by atoms with van der Waals surface area (Å²) < 4.78 is 12.6. The Morgan fingerprint density at radius 2 is 1.61 bits per heavy atom. The van der Waals surface area contributed by atoms with Gasteiger partial charge in [-0.15, -0.1) is 0 Å². The molecule has 6 nitrogen and oxygen atoms in total. The number of imide groups is 1. The number of carbonyl (C=O) groups is 2. The van der Waals surface area contributed by atoms with Crippen LogP contribution < -0.4 is 10.8 Å². The Morgan fingerprint density at radius 1 is 1.17 bits per heavy atom. The van der Waals surface area contributed by atoms with E-state index >= 15 is 0 Å². The molecule has 0 aliphatic rings. The van der Waals surface area contributed by atoms with Gasteiger partial charge in [0.2, 0.25) is 0 Å². The Bertz CT molecular complexity index is 307. The van der Waals surface area contributed by atoms with Crippen molar-refractivity contribution in [1.82, 2.24) is 4.90 Å². The molecule has 0 radical (unpaired) electrons. The zero-order chi connectivity index (χ0) is 14.2. The lowest BCUT2D eigenvalue weighted by Gasteiger charge is -2.27. The normalized spacial score (nSPS) is 11.2. The third-order valence-electron chi connectivity index (χ3n) is 2.72. The van der Waals surface area contributed by atoms with Crippen molar-refractivity contribution in [3.8, 4) is 0 Å². The molecule has 7 heteroatoms. The van der Waals surface area contributed by atoms with E-state index < -0.39 is 19.3 Å². The summed E-state index contributed by atoms with van der Waals surface area (Å²) in [7, 11) is -2.71. The lowest BCUT2D eigenvalue weighted by atomic mass is 10.4. The molecule has 0 aromatic carbocycles. The Balaban J connectivity index is 4.78. The number of carbonyl (C=O) groups excluding carboxylic acids is 2. The molecular formula is C11H22N2O4P-. The highest BCUT2D eigenvalue weighted by Crippen LogP contribution is 2.47. The van der Waals surface area contributed by atoms with Crippen LogP contribution in [0.3, 0.4) is 0 Å². The average Bonchev–Trinajstić information content (AvgIpc) is 2.30. The molecule has 3 amide bonds. The quantitative estimate of drug-likeness (QED) is 0.681. The van der Waals surface area contributed by atoms with Crippen LogP contribution in [0.5, 0.6) is 0 Å². The first-order valence-electron chi connectivity index (χ1n) is 6.21. The van der Waals surface area contributed by atoms with E-state index in [1.807, 2.05) is 13.8 Å². The summed E-state index contributed by atoms with van der Waals surface area (Å²) in [6, 6.07) is -1.12. The summed E-state index contributed by atoms with van der Waals surface area (Å²) in [6.45, 7) is 3.93. The standard InChI is InChI=1S/C11H23N2O4P/c1-3-5-7-18(17,8-6-4-2)9-13(10(12)14)11(15)16/h3-9H2,1-2H3,(H2,12,14)(H,15,16)/p-1. The van der Waals surface area contributed by atoms with Crippen molar-refractivity contribution >= 4 is 19.3 Å². The fourth-order valence-corrected chi connectivity index (χ4v) is 4.68. The Kier molecular flexibility index (Phi) is 7.67. The fraction of sp³-hybridized carbons (Fsp3) is 0.818. The van der Waals surface area contributed by atoms with Crippen molar-refractivity contribution in [2.45, 2.75) is 39.5 Å². The first-order valence-corrected chi connectivity index (χ1v) is 8.47. The summed E-state index contributed by atoms with van der Waals surface area (Å²) in [6.07, 6.45) is 2.14. The first kappa shape index (κ1) is 17.0. The summed E-state index contributed by atoms with van der Waals surface area (Å²) in [5.74, 6) is 0. The fourth-order valence-electron chi connectivity index (χ4n) is 1.62. The highest BCUT2D eigenvalue weighted by Gasteiger charge is 2.26. The van der Waals surface area contributed by atoms with Crippen LogP contribution in [0.1, 0.15) is 39.5 Å². The molecule has 106 valence electrons. The maximum Gasteiger partial charge on any atom is 0.320 e. The maximum atomic E-state index is 12.6. The third-order valence-corrected chi connectivity index (χ3v) is 5.78. The monoisotopic (exact) mass is 277 g/mol. The molecule has 0 heterocycles. The van der Waals surface area contributed by atoms with Crippen LogP contribution >= 0.6 is 7.14 Å². The number of carboxylic acid groups (broad SMARTS) is 1. The lowest BCUT2D eigenvalue weighted by molar-refractivity contribution is -0.260. The van der Waals surface area contributed by atoms with Crippen molar-refractivity contribution in [3.05, 3.63) is 0 Å². The predicted octanol–water partition coefficient (Wildman–Crippen LogP) is 1.63. The van der Waals surface area contributed by atoms with Gasteiger partial charge in [0.05, 0.1) is 6.29 Å². The van der Waals surface area contributed by atoms with Gasteiger partial charge in [0.1, 0.15) is 13.2 Å². The van der Waals surface area contributed by atoms with Gasteiger partial charge in [0, 0.05) is 12.3 Å². The average molecular weight is 277 g/mol. The maximum absolute atomic E-state index is 12.6. The number of urea groups is 1. The van der Waals surface area contributed by atoms with Crippen LogP contribution in [-0.4, -0.2) is 35.6 Å². The van der Waals surface area contributed by atoms with Gasteiger partial charge in [-0.05, 0) is 12.8 Å². The molecule has 0 rings (SSSR count). The van der Waals surface area contributed by atoms with Gasteiger partial charge in [0.15, 0.2) is 0 Å². The molecule has 0 saturated heterocycles. The largest absolute Gasteiger partial charge is 0.529 e. The van der Waals surface area contributed by atoms with E-state index in [1.54, 1.807) is 0 Å².